The van der Waals surface area contributed by atoms with Crippen LogP contribution >= 0.6 is 0 Å². The molecule has 2 atom stereocenters. The second kappa shape index (κ2) is 8.07. The van der Waals surface area contributed by atoms with Crippen LogP contribution in [0.25, 0.3) is 0 Å². The molecule has 0 aliphatic carbocycles. The van der Waals surface area contributed by atoms with Crippen molar-refractivity contribution in [2.24, 2.45) is 5.41 Å². The number of halogens is 2. The Hall–Kier alpha value is -0.920. The summed E-state index contributed by atoms with van der Waals surface area (Å²) in [7, 11) is -5.96. The summed E-state index contributed by atoms with van der Waals surface area (Å²) in [6, 6.07) is 0. The van der Waals surface area contributed by atoms with Crippen molar-refractivity contribution >= 4 is 16.1 Å². The van der Waals surface area contributed by atoms with Crippen LogP contribution in [0.5, 0.6) is 0 Å². The van der Waals surface area contributed by atoms with Gasteiger partial charge in [0, 0.05) is 0 Å². The third-order valence-corrected chi connectivity index (χ3v) is 5.54. The zero-order valence-electron chi connectivity index (χ0n) is 16.0. The minimum Gasteiger partial charge on any atom is -0.743 e. The molecule has 0 N–H and O–H groups in total. The van der Waals surface area contributed by atoms with Crippen molar-refractivity contribution in [3.05, 3.63) is 0 Å². The first kappa shape index (κ1) is 23.4. The lowest BCUT2D eigenvalue weighted by Crippen LogP contribution is -2.45. The zero-order chi connectivity index (χ0) is 21.3. The molecule has 0 aromatic carbocycles. The van der Waals surface area contributed by atoms with Crippen LogP contribution in [-0.2, 0) is 38.6 Å². The Morgan fingerprint density at radius 2 is 1.50 bits per heavy atom. The summed E-state index contributed by atoms with van der Waals surface area (Å²) in [5.74, 6) is -1.14. The van der Waals surface area contributed by atoms with E-state index in [9.17, 15) is 26.5 Å². The van der Waals surface area contributed by atoms with Crippen LogP contribution in [0.2, 0.25) is 0 Å². The molecule has 12 heteroatoms. The van der Waals surface area contributed by atoms with E-state index in [0.717, 1.165) is 0 Å². The predicted octanol–water partition coefficient (Wildman–Crippen LogP) is 0.675. The van der Waals surface area contributed by atoms with Gasteiger partial charge in [-0.1, -0.05) is 6.92 Å². The molecule has 0 spiro atoms. The lowest BCUT2D eigenvalue weighted by molar-refractivity contribution is -0.172. The summed E-state index contributed by atoms with van der Waals surface area (Å²) in [4.78, 5) is 12.5. The molecule has 0 aromatic heterocycles. The van der Waals surface area contributed by atoms with Crippen LogP contribution in [0.1, 0.15) is 27.2 Å². The van der Waals surface area contributed by atoms with Crippen molar-refractivity contribution in [3.63, 3.8) is 0 Å². The maximum Gasteiger partial charge on any atom is 0.367 e. The van der Waals surface area contributed by atoms with Gasteiger partial charge in [-0.05, 0) is 20.3 Å². The Kier molecular flexibility index (Phi) is 6.73. The average molecular weight is 431 g/mol. The molecular formula is C16H25F2O9S-. The largest absolute Gasteiger partial charge is 0.743 e. The third-order valence-electron chi connectivity index (χ3n) is 4.69. The summed E-state index contributed by atoms with van der Waals surface area (Å²) in [5, 5.41) is -4.73. The highest BCUT2D eigenvalue weighted by atomic mass is 32.2. The fraction of sp³-hybridized carbons (Fsp3) is 0.938. The first-order valence-corrected chi connectivity index (χ1v) is 10.1. The third kappa shape index (κ3) is 6.04. The fourth-order valence-electron chi connectivity index (χ4n) is 2.22. The van der Waals surface area contributed by atoms with E-state index < -0.39 is 44.6 Å². The second-order valence-electron chi connectivity index (χ2n) is 7.76. The molecule has 2 saturated heterocycles. The lowest BCUT2D eigenvalue weighted by Gasteiger charge is -2.31. The van der Waals surface area contributed by atoms with Gasteiger partial charge in [0.1, 0.15) is 16.6 Å². The predicted molar refractivity (Wildman–Crippen MR) is 88.7 cm³/mol. The van der Waals surface area contributed by atoms with Gasteiger partial charge in [0.05, 0.1) is 39.6 Å². The van der Waals surface area contributed by atoms with Gasteiger partial charge in [-0.2, -0.15) is 8.78 Å². The maximum absolute atomic E-state index is 13.3. The molecule has 2 aliphatic rings. The van der Waals surface area contributed by atoms with Gasteiger partial charge in [-0.15, -0.1) is 0 Å². The van der Waals surface area contributed by atoms with E-state index in [2.05, 4.69) is 4.74 Å². The SMILES string of the molecule is CCC(COCC1(C)CO1)(COCC1(C)CO1)C(=O)OCC(F)(F)S(=O)(=O)[O-]. The summed E-state index contributed by atoms with van der Waals surface area (Å²) in [6.07, 6.45) is 0.108. The first-order chi connectivity index (χ1) is 12.8. The number of hydrogen-bond donors (Lipinski definition) is 0. The highest BCUT2D eigenvalue weighted by Crippen LogP contribution is 2.32. The average Bonchev–Trinajstić information content (AvgIpc) is 3.50. The van der Waals surface area contributed by atoms with Crippen molar-refractivity contribution in [1.29, 1.82) is 0 Å². The molecule has 0 radical (unpaired) electrons. The van der Waals surface area contributed by atoms with E-state index in [0.29, 0.717) is 13.2 Å². The summed E-state index contributed by atoms with van der Waals surface area (Å²) in [5.41, 5.74) is -2.37. The zero-order valence-corrected chi connectivity index (χ0v) is 16.8. The molecule has 2 fully saturated rings. The van der Waals surface area contributed by atoms with Crippen LogP contribution in [0.3, 0.4) is 0 Å². The molecule has 0 bridgehead atoms. The van der Waals surface area contributed by atoms with Crippen LogP contribution in [-0.4, -0.2) is 81.6 Å². The summed E-state index contributed by atoms with van der Waals surface area (Å²) >= 11 is 0. The van der Waals surface area contributed by atoms with Crippen LogP contribution < -0.4 is 0 Å². The van der Waals surface area contributed by atoms with E-state index >= 15 is 0 Å². The van der Waals surface area contributed by atoms with Gasteiger partial charge in [0.25, 0.3) is 0 Å². The molecule has 28 heavy (non-hydrogen) atoms. The van der Waals surface area contributed by atoms with Crippen molar-refractivity contribution in [2.75, 3.05) is 46.2 Å². The Balaban J connectivity index is 2.01. The van der Waals surface area contributed by atoms with E-state index in [4.69, 9.17) is 18.9 Å². The number of carbonyl (C=O) groups is 1. The van der Waals surface area contributed by atoms with Gasteiger partial charge in [-0.3, -0.25) is 4.79 Å². The number of esters is 1. The second-order valence-corrected chi connectivity index (χ2v) is 9.27. The summed E-state index contributed by atoms with van der Waals surface area (Å²) in [6.45, 7) is 4.26. The summed E-state index contributed by atoms with van der Waals surface area (Å²) < 4.78 is 84.4. The molecule has 0 amide bonds. The fourth-order valence-corrected chi connectivity index (χ4v) is 2.42. The molecular weight excluding hydrogens is 406 g/mol. The number of hydrogen-bond acceptors (Lipinski definition) is 9. The molecule has 9 nitrogen and oxygen atoms in total. The van der Waals surface area contributed by atoms with E-state index in [-0.39, 0.29) is 32.8 Å². The van der Waals surface area contributed by atoms with Gasteiger partial charge >= 0.3 is 11.2 Å². The van der Waals surface area contributed by atoms with Crippen molar-refractivity contribution in [2.45, 2.75) is 43.6 Å². The molecule has 2 rings (SSSR count). The smallest absolute Gasteiger partial charge is 0.367 e. The Morgan fingerprint density at radius 3 is 1.82 bits per heavy atom. The highest BCUT2D eigenvalue weighted by molar-refractivity contribution is 7.86. The first-order valence-electron chi connectivity index (χ1n) is 8.70. The Bertz CT molecular complexity index is 648. The van der Waals surface area contributed by atoms with Gasteiger partial charge in [0.2, 0.25) is 0 Å². The van der Waals surface area contributed by atoms with E-state index in [1.54, 1.807) is 20.8 Å². The standard InChI is InChI=1S/C16H26F2O9S/c1-4-15(9-23-5-13(2)7-26-13,10-24-6-14(3)8-27-14)12(19)25-11-16(17,18)28(20,21)22/h4-11H2,1-3H3,(H,20,21,22)/p-1. The molecule has 164 valence electrons. The number of epoxide rings is 2. The minimum absolute atomic E-state index is 0.108. The molecule has 0 aromatic rings. The van der Waals surface area contributed by atoms with Crippen molar-refractivity contribution in [3.8, 4) is 0 Å². The molecule has 0 saturated carbocycles. The van der Waals surface area contributed by atoms with E-state index in [1.807, 2.05) is 0 Å². The van der Waals surface area contributed by atoms with E-state index in [1.165, 1.54) is 0 Å². The molecule has 2 unspecified atom stereocenters. The number of rotatable bonds is 13. The number of alkyl halides is 2. The lowest BCUT2D eigenvalue weighted by atomic mass is 9.87. The molecule has 2 heterocycles. The monoisotopic (exact) mass is 431 g/mol. The maximum atomic E-state index is 13.3. The minimum atomic E-state index is -5.96. The molecule has 2 aliphatic heterocycles. The van der Waals surface area contributed by atoms with Crippen LogP contribution in [0.4, 0.5) is 8.78 Å². The van der Waals surface area contributed by atoms with Gasteiger partial charge in [-0.25, -0.2) is 8.42 Å². The number of carbonyl (C=O) groups excluding carboxylic acids is 1. The topological polar surface area (TPSA) is 127 Å². The van der Waals surface area contributed by atoms with Crippen LogP contribution in [0.15, 0.2) is 0 Å². The Morgan fingerprint density at radius 1 is 1.07 bits per heavy atom. The van der Waals surface area contributed by atoms with Gasteiger partial charge < -0.3 is 28.2 Å². The van der Waals surface area contributed by atoms with Crippen molar-refractivity contribution in [1.82, 2.24) is 0 Å². The van der Waals surface area contributed by atoms with Gasteiger partial charge in [0.15, 0.2) is 16.7 Å². The highest BCUT2D eigenvalue weighted by Gasteiger charge is 2.47. The van der Waals surface area contributed by atoms with Crippen molar-refractivity contribution < 1.29 is 50.2 Å². The van der Waals surface area contributed by atoms with Crippen LogP contribution in [0, 0.1) is 5.41 Å². The quantitative estimate of drug-likeness (QED) is 0.235. The Labute approximate surface area is 162 Å². The normalized spacial score (nSPS) is 29.2. The number of ether oxygens (including phenoxy) is 5.